The van der Waals surface area contributed by atoms with Crippen molar-refractivity contribution >= 4 is 51.5 Å². The zero-order chi connectivity index (χ0) is 17.9. The normalized spacial score (nSPS) is 10.5. The summed E-state index contributed by atoms with van der Waals surface area (Å²) in [5, 5.41) is 2.93. The quantitative estimate of drug-likeness (QED) is 0.793. The molecule has 1 N–H and O–H groups in total. The van der Waals surface area contributed by atoms with Crippen LogP contribution in [-0.2, 0) is 16.1 Å². The van der Waals surface area contributed by atoms with Gasteiger partial charge in [-0.15, -0.1) is 0 Å². The third-order valence-electron chi connectivity index (χ3n) is 2.83. The number of halogens is 2. The molecule has 128 valence electrons. The predicted molar refractivity (Wildman–Crippen MR) is 92.2 cm³/mol. The molecule has 2 rings (SSSR count). The Kier molecular flexibility index (Phi) is 5.98. The van der Waals surface area contributed by atoms with Crippen molar-refractivity contribution < 1.29 is 14.3 Å². The highest BCUT2D eigenvalue weighted by Crippen LogP contribution is 2.23. The van der Waals surface area contributed by atoms with Crippen LogP contribution in [0, 0.1) is 6.92 Å². The molecule has 0 unspecified atom stereocenters. The molecule has 0 radical (unpaired) electrons. The van der Waals surface area contributed by atoms with Crippen molar-refractivity contribution in [1.82, 2.24) is 9.55 Å². The van der Waals surface area contributed by atoms with Crippen LogP contribution in [0.1, 0.15) is 22.3 Å². The molecule has 2 aromatic rings. The first-order valence-electron chi connectivity index (χ1n) is 6.81. The molecular formula is C14H13Cl2N3O4S. The largest absolute Gasteiger partial charge is 0.462 e. The highest BCUT2D eigenvalue weighted by Gasteiger charge is 2.18. The topological polar surface area (TPSA) is 90.3 Å². The molecule has 0 aromatic carbocycles. The minimum atomic E-state index is -0.529. The molecule has 0 saturated carbocycles. The number of hydrogen-bond acceptors (Lipinski definition) is 6. The number of nitrogens with zero attached hydrogens (tertiary/aromatic N) is 2. The lowest BCUT2D eigenvalue weighted by molar-refractivity contribution is -0.116. The molecule has 2 heterocycles. The molecular weight excluding hydrogens is 377 g/mol. The molecule has 0 atom stereocenters. The van der Waals surface area contributed by atoms with Gasteiger partial charge in [-0.25, -0.2) is 9.78 Å². The Bertz CT molecular complexity index is 847. The van der Waals surface area contributed by atoms with Crippen LogP contribution < -0.4 is 10.9 Å². The molecule has 2 aromatic heterocycles. The summed E-state index contributed by atoms with van der Waals surface area (Å²) in [6, 6.07) is 1.30. The van der Waals surface area contributed by atoms with Gasteiger partial charge in [-0.05, 0) is 19.9 Å². The summed E-state index contributed by atoms with van der Waals surface area (Å²) < 4.78 is 6.00. The van der Waals surface area contributed by atoms with E-state index in [9.17, 15) is 14.4 Å². The number of esters is 1. The number of amides is 1. The maximum Gasteiger partial charge on any atom is 0.350 e. The molecule has 0 bridgehead atoms. The molecule has 0 spiro atoms. The molecule has 10 heteroatoms. The maximum absolute atomic E-state index is 12.1. The first-order chi connectivity index (χ1) is 11.3. The fourth-order valence-corrected chi connectivity index (χ4v) is 3.22. The van der Waals surface area contributed by atoms with Gasteiger partial charge in [0, 0.05) is 6.20 Å². The van der Waals surface area contributed by atoms with Gasteiger partial charge in [-0.2, -0.15) is 0 Å². The van der Waals surface area contributed by atoms with Crippen LogP contribution in [0.2, 0.25) is 10.0 Å². The zero-order valence-corrected chi connectivity index (χ0v) is 15.1. The highest BCUT2D eigenvalue weighted by atomic mass is 35.5. The average molecular weight is 390 g/mol. The summed E-state index contributed by atoms with van der Waals surface area (Å²) in [4.78, 5) is 40.1. The Balaban J connectivity index is 2.12. The molecule has 0 saturated heterocycles. The van der Waals surface area contributed by atoms with Crippen molar-refractivity contribution in [3.05, 3.63) is 43.2 Å². The van der Waals surface area contributed by atoms with Crippen molar-refractivity contribution in [2.75, 3.05) is 11.9 Å². The van der Waals surface area contributed by atoms with Crippen molar-refractivity contribution in [2.24, 2.45) is 0 Å². The van der Waals surface area contributed by atoms with E-state index in [2.05, 4.69) is 10.3 Å². The molecule has 0 aliphatic carbocycles. The van der Waals surface area contributed by atoms with Gasteiger partial charge in [0.05, 0.1) is 17.3 Å². The number of pyridine rings is 1. The summed E-state index contributed by atoms with van der Waals surface area (Å²) in [5.41, 5.74) is -0.0736. The molecule has 24 heavy (non-hydrogen) atoms. The van der Waals surface area contributed by atoms with Crippen LogP contribution in [0.5, 0.6) is 0 Å². The van der Waals surface area contributed by atoms with Crippen LogP contribution in [0.15, 0.2) is 17.1 Å². The maximum atomic E-state index is 12.1. The van der Waals surface area contributed by atoms with Crippen LogP contribution in [0.4, 0.5) is 5.13 Å². The number of carbonyl (C=O) groups is 2. The van der Waals surface area contributed by atoms with Gasteiger partial charge in [-0.1, -0.05) is 34.5 Å². The lowest BCUT2D eigenvalue weighted by Crippen LogP contribution is -2.27. The second kappa shape index (κ2) is 7.78. The van der Waals surface area contributed by atoms with Gasteiger partial charge in [0.25, 0.3) is 5.56 Å². The van der Waals surface area contributed by atoms with Crippen LogP contribution >= 0.6 is 34.5 Å². The minimum absolute atomic E-state index is 0.0787. The van der Waals surface area contributed by atoms with E-state index in [-0.39, 0.29) is 28.3 Å². The monoisotopic (exact) mass is 389 g/mol. The summed E-state index contributed by atoms with van der Waals surface area (Å²) in [5.74, 6) is -0.995. The summed E-state index contributed by atoms with van der Waals surface area (Å²) in [7, 11) is 0. The Morgan fingerprint density at radius 2 is 2.12 bits per heavy atom. The molecule has 0 aliphatic rings. The van der Waals surface area contributed by atoms with E-state index in [4.69, 9.17) is 27.9 Å². The van der Waals surface area contributed by atoms with Gasteiger partial charge >= 0.3 is 5.97 Å². The average Bonchev–Trinajstić information content (AvgIpc) is 2.85. The van der Waals surface area contributed by atoms with Crippen molar-refractivity contribution in [3.63, 3.8) is 0 Å². The van der Waals surface area contributed by atoms with E-state index in [1.165, 1.54) is 12.3 Å². The van der Waals surface area contributed by atoms with E-state index in [0.29, 0.717) is 10.6 Å². The second-order valence-corrected chi connectivity index (χ2v) is 6.48. The lowest BCUT2D eigenvalue weighted by Gasteiger charge is -2.06. The van der Waals surface area contributed by atoms with Crippen LogP contribution in [0.25, 0.3) is 0 Å². The van der Waals surface area contributed by atoms with E-state index >= 15 is 0 Å². The number of nitrogens with one attached hydrogen (secondary N) is 1. The standard InChI is InChI=1S/C14H13Cl2N3O4S/c1-3-23-13(22)11-7(2)17-14(24-11)18-10(20)6-19-5-8(15)4-9(16)12(19)21/h4-5H,3,6H2,1-2H3,(H,17,18,20). The third kappa shape index (κ3) is 4.34. The number of rotatable bonds is 5. The Hall–Kier alpha value is -1.90. The van der Waals surface area contributed by atoms with Gasteiger partial charge in [-0.3, -0.25) is 9.59 Å². The molecule has 0 aliphatic heterocycles. The Morgan fingerprint density at radius 3 is 2.79 bits per heavy atom. The van der Waals surface area contributed by atoms with Gasteiger partial charge in [0.2, 0.25) is 5.91 Å². The van der Waals surface area contributed by atoms with Gasteiger partial charge < -0.3 is 14.6 Å². The minimum Gasteiger partial charge on any atom is -0.462 e. The van der Waals surface area contributed by atoms with E-state index < -0.39 is 17.4 Å². The van der Waals surface area contributed by atoms with Crippen LogP contribution in [-0.4, -0.2) is 28.0 Å². The first-order valence-corrected chi connectivity index (χ1v) is 8.39. The Morgan fingerprint density at radius 1 is 1.42 bits per heavy atom. The number of ether oxygens (including phenoxy) is 1. The molecule has 0 fully saturated rings. The lowest BCUT2D eigenvalue weighted by atomic mass is 10.4. The fourth-order valence-electron chi connectivity index (χ4n) is 1.83. The van der Waals surface area contributed by atoms with Crippen molar-refractivity contribution in [1.29, 1.82) is 0 Å². The van der Waals surface area contributed by atoms with Gasteiger partial charge in [0.1, 0.15) is 16.4 Å². The summed E-state index contributed by atoms with van der Waals surface area (Å²) in [6.07, 6.45) is 1.31. The van der Waals surface area contributed by atoms with Crippen molar-refractivity contribution in [3.8, 4) is 0 Å². The van der Waals surface area contributed by atoms with Crippen molar-refractivity contribution in [2.45, 2.75) is 20.4 Å². The smallest absolute Gasteiger partial charge is 0.350 e. The zero-order valence-electron chi connectivity index (χ0n) is 12.8. The van der Waals surface area contributed by atoms with E-state index in [1.54, 1.807) is 13.8 Å². The number of aryl methyl sites for hydroxylation is 1. The third-order valence-corrected chi connectivity index (χ3v) is 4.36. The first kappa shape index (κ1) is 18.4. The number of hydrogen-bond donors (Lipinski definition) is 1. The van der Waals surface area contributed by atoms with E-state index in [0.717, 1.165) is 15.9 Å². The number of thiazole rings is 1. The molecule has 7 nitrogen and oxygen atoms in total. The second-order valence-electron chi connectivity index (χ2n) is 4.64. The number of carbonyl (C=O) groups excluding carboxylic acids is 2. The Labute approximate surface area is 151 Å². The number of aromatic nitrogens is 2. The van der Waals surface area contributed by atoms with Gasteiger partial charge in [0.15, 0.2) is 5.13 Å². The van der Waals surface area contributed by atoms with E-state index in [1.807, 2.05) is 0 Å². The fraction of sp³-hybridized carbons (Fsp3) is 0.286. The summed E-state index contributed by atoms with van der Waals surface area (Å²) in [6.45, 7) is 3.30. The number of anilines is 1. The molecule has 1 amide bonds. The summed E-state index contributed by atoms with van der Waals surface area (Å²) >= 11 is 12.6. The highest BCUT2D eigenvalue weighted by molar-refractivity contribution is 7.17. The SMILES string of the molecule is CCOC(=O)c1sc(NC(=O)Cn2cc(Cl)cc(Cl)c2=O)nc1C. The van der Waals surface area contributed by atoms with Crippen LogP contribution in [0.3, 0.4) is 0 Å². The predicted octanol–water partition coefficient (Wildman–Crippen LogP) is 2.74.